The molecule has 0 saturated heterocycles. The zero-order valence-electron chi connectivity index (χ0n) is 15.8. The van der Waals surface area contributed by atoms with E-state index in [1.165, 1.54) is 10.3 Å². The molecule has 0 bridgehead atoms. The number of benzene rings is 2. The second-order valence-electron chi connectivity index (χ2n) is 6.87. The van der Waals surface area contributed by atoms with Crippen LogP contribution < -0.4 is 5.32 Å². The first-order chi connectivity index (χ1) is 13.6. The smallest absolute Gasteiger partial charge is 0.238 e. The number of carbonyl (C=O) groups excluding carboxylic acids is 1. The summed E-state index contributed by atoms with van der Waals surface area (Å²) in [6.45, 7) is 2.97. The Hall–Kier alpha value is -2.96. The van der Waals surface area contributed by atoms with Crippen molar-refractivity contribution in [1.82, 2.24) is 9.88 Å². The minimum atomic E-state index is -0.0581. The molecular weight excluding hydrogens is 370 g/mol. The van der Waals surface area contributed by atoms with Crippen LogP contribution in [0.3, 0.4) is 0 Å². The fourth-order valence-corrected chi connectivity index (χ4v) is 4.09. The molecule has 2 aromatic carbocycles. The van der Waals surface area contributed by atoms with E-state index in [1.54, 1.807) is 17.6 Å². The van der Waals surface area contributed by atoms with Gasteiger partial charge in [0.1, 0.15) is 10.8 Å². The van der Waals surface area contributed by atoms with Gasteiger partial charge in [0.15, 0.2) is 0 Å². The number of thiazole rings is 1. The largest absolute Gasteiger partial charge is 0.468 e. The number of furan rings is 1. The summed E-state index contributed by atoms with van der Waals surface area (Å²) < 4.78 is 6.50. The van der Waals surface area contributed by atoms with Crippen molar-refractivity contribution in [2.75, 3.05) is 18.9 Å². The third kappa shape index (κ3) is 4.30. The molecule has 0 aliphatic carbocycles. The number of hydrogen-bond donors (Lipinski definition) is 1. The molecule has 28 heavy (non-hydrogen) atoms. The standard InChI is InChI=1S/C22H21N3O2S/c1-15-5-10-19-20(12-15)28-22(24-19)16-6-8-17(9-7-16)23-21(26)14-25(2)13-18-4-3-11-27-18/h3-12H,13-14H2,1-2H3,(H,23,26). The fraction of sp³-hybridized carbons (Fsp3) is 0.182. The summed E-state index contributed by atoms with van der Waals surface area (Å²) >= 11 is 1.68. The molecular formula is C22H21N3O2S. The highest BCUT2D eigenvalue weighted by molar-refractivity contribution is 7.21. The summed E-state index contributed by atoms with van der Waals surface area (Å²) in [6, 6.07) is 17.8. The first kappa shape index (κ1) is 18.4. The maximum absolute atomic E-state index is 12.3. The molecule has 0 spiro atoms. The van der Waals surface area contributed by atoms with Crippen LogP contribution in [0.2, 0.25) is 0 Å². The van der Waals surface area contributed by atoms with Crippen LogP contribution in [0.15, 0.2) is 65.3 Å². The Morgan fingerprint density at radius 1 is 1.18 bits per heavy atom. The van der Waals surface area contributed by atoms with Crippen molar-refractivity contribution in [3.8, 4) is 10.6 Å². The maximum Gasteiger partial charge on any atom is 0.238 e. The molecule has 6 heteroatoms. The topological polar surface area (TPSA) is 58.4 Å². The second kappa shape index (κ2) is 7.96. The number of likely N-dealkylation sites (N-methyl/N-ethyl adjacent to an activating group) is 1. The summed E-state index contributed by atoms with van der Waals surface area (Å²) in [4.78, 5) is 18.9. The lowest BCUT2D eigenvalue weighted by Gasteiger charge is -2.14. The van der Waals surface area contributed by atoms with Crippen LogP contribution in [-0.2, 0) is 11.3 Å². The van der Waals surface area contributed by atoms with E-state index >= 15 is 0 Å². The average molecular weight is 391 g/mol. The van der Waals surface area contributed by atoms with E-state index in [0.29, 0.717) is 13.1 Å². The minimum absolute atomic E-state index is 0.0581. The van der Waals surface area contributed by atoms with Crippen molar-refractivity contribution in [2.24, 2.45) is 0 Å². The normalized spacial score (nSPS) is 11.2. The Morgan fingerprint density at radius 3 is 2.75 bits per heavy atom. The number of carbonyl (C=O) groups is 1. The van der Waals surface area contributed by atoms with Crippen molar-refractivity contribution in [1.29, 1.82) is 0 Å². The summed E-state index contributed by atoms with van der Waals surface area (Å²) in [5.74, 6) is 0.781. The Balaban J connectivity index is 1.39. The Bertz CT molecular complexity index is 1080. The predicted octanol–water partition coefficient (Wildman–Crippen LogP) is 4.94. The van der Waals surface area contributed by atoms with E-state index in [4.69, 9.17) is 9.40 Å². The van der Waals surface area contributed by atoms with Gasteiger partial charge >= 0.3 is 0 Å². The predicted molar refractivity (Wildman–Crippen MR) is 113 cm³/mol. The van der Waals surface area contributed by atoms with Gasteiger partial charge in [0.25, 0.3) is 0 Å². The number of nitrogens with one attached hydrogen (secondary N) is 1. The van der Waals surface area contributed by atoms with Crippen LogP contribution in [0.1, 0.15) is 11.3 Å². The molecule has 4 aromatic rings. The van der Waals surface area contributed by atoms with Crippen molar-refractivity contribution < 1.29 is 9.21 Å². The second-order valence-corrected chi connectivity index (χ2v) is 7.90. The summed E-state index contributed by atoms with van der Waals surface area (Å²) in [5.41, 5.74) is 4.07. The monoisotopic (exact) mass is 391 g/mol. The molecule has 142 valence electrons. The van der Waals surface area contributed by atoms with Gasteiger partial charge in [-0.3, -0.25) is 9.69 Å². The molecule has 1 amide bonds. The Kier molecular flexibility index (Phi) is 5.23. The van der Waals surface area contributed by atoms with Gasteiger partial charge in [-0.05, 0) is 68.1 Å². The number of aryl methyl sites for hydroxylation is 1. The number of fused-ring (bicyclic) bond motifs is 1. The third-order valence-electron chi connectivity index (χ3n) is 4.38. The van der Waals surface area contributed by atoms with Gasteiger partial charge < -0.3 is 9.73 Å². The molecule has 0 fully saturated rings. The van der Waals surface area contributed by atoms with E-state index in [0.717, 1.165) is 27.5 Å². The van der Waals surface area contributed by atoms with Gasteiger partial charge in [-0.2, -0.15) is 0 Å². The molecule has 0 aliphatic heterocycles. The van der Waals surface area contributed by atoms with E-state index in [-0.39, 0.29) is 5.91 Å². The Labute approximate surface area is 167 Å². The van der Waals surface area contributed by atoms with E-state index < -0.39 is 0 Å². The number of rotatable bonds is 6. The number of hydrogen-bond acceptors (Lipinski definition) is 5. The van der Waals surface area contributed by atoms with Gasteiger partial charge in [-0.25, -0.2) is 4.98 Å². The SMILES string of the molecule is Cc1ccc2nc(-c3ccc(NC(=O)CN(C)Cc4ccco4)cc3)sc2c1. The lowest BCUT2D eigenvalue weighted by molar-refractivity contribution is -0.117. The Morgan fingerprint density at radius 2 is 2.00 bits per heavy atom. The summed E-state index contributed by atoms with van der Waals surface area (Å²) in [6.07, 6.45) is 1.64. The molecule has 0 atom stereocenters. The van der Waals surface area contributed by atoms with Gasteiger partial charge in [-0.15, -0.1) is 11.3 Å². The van der Waals surface area contributed by atoms with Crippen molar-refractivity contribution in [3.05, 3.63) is 72.2 Å². The van der Waals surface area contributed by atoms with Crippen LogP contribution in [-0.4, -0.2) is 29.4 Å². The van der Waals surface area contributed by atoms with Gasteiger partial charge in [-0.1, -0.05) is 6.07 Å². The maximum atomic E-state index is 12.3. The lowest BCUT2D eigenvalue weighted by Crippen LogP contribution is -2.29. The molecule has 2 heterocycles. The minimum Gasteiger partial charge on any atom is -0.468 e. The van der Waals surface area contributed by atoms with Gasteiger partial charge in [0.2, 0.25) is 5.91 Å². The summed E-state index contributed by atoms with van der Waals surface area (Å²) in [5, 5.41) is 3.92. The van der Waals surface area contributed by atoms with Crippen LogP contribution in [0.4, 0.5) is 5.69 Å². The number of aromatic nitrogens is 1. The number of amides is 1. The quantitative estimate of drug-likeness (QED) is 0.506. The summed E-state index contributed by atoms with van der Waals surface area (Å²) in [7, 11) is 1.89. The highest BCUT2D eigenvalue weighted by atomic mass is 32.1. The van der Waals surface area contributed by atoms with E-state index in [9.17, 15) is 4.79 Å². The number of anilines is 1. The first-order valence-corrected chi connectivity index (χ1v) is 9.87. The molecule has 0 aliphatic rings. The highest BCUT2D eigenvalue weighted by Gasteiger charge is 2.10. The third-order valence-corrected chi connectivity index (χ3v) is 5.45. The van der Waals surface area contributed by atoms with Crippen molar-refractivity contribution in [2.45, 2.75) is 13.5 Å². The zero-order chi connectivity index (χ0) is 19.5. The molecule has 0 unspecified atom stereocenters. The average Bonchev–Trinajstić information content (AvgIpc) is 3.31. The zero-order valence-corrected chi connectivity index (χ0v) is 16.6. The van der Waals surface area contributed by atoms with Crippen LogP contribution in [0.5, 0.6) is 0 Å². The molecule has 1 N–H and O–H groups in total. The van der Waals surface area contributed by atoms with Gasteiger partial charge in [0.05, 0.1) is 29.6 Å². The van der Waals surface area contributed by atoms with E-state index in [2.05, 4.69) is 30.4 Å². The lowest BCUT2D eigenvalue weighted by atomic mass is 10.2. The van der Waals surface area contributed by atoms with Crippen molar-refractivity contribution >= 4 is 33.1 Å². The van der Waals surface area contributed by atoms with Crippen LogP contribution >= 0.6 is 11.3 Å². The molecule has 0 saturated carbocycles. The number of nitrogens with zero attached hydrogens (tertiary/aromatic N) is 2. The first-order valence-electron chi connectivity index (χ1n) is 9.05. The van der Waals surface area contributed by atoms with Crippen LogP contribution in [0, 0.1) is 6.92 Å². The fourth-order valence-electron chi connectivity index (χ4n) is 3.02. The van der Waals surface area contributed by atoms with Crippen LogP contribution in [0.25, 0.3) is 20.8 Å². The molecule has 5 nitrogen and oxygen atoms in total. The highest BCUT2D eigenvalue weighted by Crippen LogP contribution is 2.31. The molecule has 2 aromatic heterocycles. The molecule has 4 rings (SSSR count). The van der Waals surface area contributed by atoms with Crippen molar-refractivity contribution in [3.63, 3.8) is 0 Å². The van der Waals surface area contributed by atoms with Gasteiger partial charge in [0, 0.05) is 11.3 Å². The molecule has 0 radical (unpaired) electrons. The van der Waals surface area contributed by atoms with E-state index in [1.807, 2.05) is 48.3 Å².